The summed E-state index contributed by atoms with van der Waals surface area (Å²) in [6.07, 6.45) is 2.56. The predicted octanol–water partition coefficient (Wildman–Crippen LogP) is 0.422. The monoisotopic (exact) mass is 148 g/mol. The number of rotatable bonds is 2. The molecule has 0 atom stereocenters. The Hall–Kier alpha value is -0.120. The van der Waals surface area contributed by atoms with Crippen molar-refractivity contribution in [3.63, 3.8) is 0 Å². The van der Waals surface area contributed by atoms with Gasteiger partial charge in [-0.05, 0) is 12.8 Å². The van der Waals surface area contributed by atoms with E-state index in [-0.39, 0.29) is 6.61 Å². The molecule has 1 N–H and O–H groups in total. The van der Waals surface area contributed by atoms with E-state index in [0.717, 1.165) is 13.2 Å². The average Bonchev–Trinajstić information content (AvgIpc) is 2.44. The lowest BCUT2D eigenvalue weighted by molar-refractivity contribution is 0.135. The number of aliphatic hydroxyl groups is 1. The summed E-state index contributed by atoms with van der Waals surface area (Å²) in [6.45, 7) is 2.57. The van der Waals surface area contributed by atoms with Gasteiger partial charge in [0.15, 0.2) is 0 Å². The Morgan fingerprint density at radius 2 is 2.00 bits per heavy atom. The SMILES string of the molecule is C1CCOC1.COCCO. The Kier molecular flexibility index (Phi) is 8.77. The summed E-state index contributed by atoms with van der Waals surface area (Å²) in [5.41, 5.74) is 0. The molecule has 0 amide bonds. The Labute approximate surface area is 62.0 Å². The normalized spacial score (nSPS) is 16.2. The Morgan fingerprint density at radius 3 is 2.10 bits per heavy atom. The lowest BCUT2D eigenvalue weighted by Gasteiger charge is -1.84. The molecule has 1 saturated heterocycles. The van der Waals surface area contributed by atoms with Crippen molar-refractivity contribution in [1.29, 1.82) is 0 Å². The second-order valence-electron chi connectivity index (χ2n) is 2.04. The molecule has 0 aromatic heterocycles. The molecule has 3 heteroatoms. The van der Waals surface area contributed by atoms with Crippen molar-refractivity contribution in [3.05, 3.63) is 0 Å². The molecule has 62 valence electrons. The number of hydrogen-bond donors (Lipinski definition) is 1. The van der Waals surface area contributed by atoms with E-state index in [1.54, 1.807) is 7.11 Å². The number of hydrogen-bond acceptors (Lipinski definition) is 3. The maximum atomic E-state index is 7.94. The van der Waals surface area contributed by atoms with Crippen molar-refractivity contribution in [2.45, 2.75) is 12.8 Å². The van der Waals surface area contributed by atoms with Crippen LogP contribution in [-0.4, -0.2) is 38.6 Å². The highest BCUT2D eigenvalue weighted by Crippen LogP contribution is 1.98. The van der Waals surface area contributed by atoms with Gasteiger partial charge in [-0.15, -0.1) is 0 Å². The topological polar surface area (TPSA) is 38.7 Å². The molecule has 1 heterocycles. The second kappa shape index (κ2) is 8.88. The van der Waals surface area contributed by atoms with Gasteiger partial charge >= 0.3 is 0 Å². The summed E-state index contributed by atoms with van der Waals surface area (Å²) in [5.74, 6) is 0. The molecule has 3 nitrogen and oxygen atoms in total. The third-order valence-corrected chi connectivity index (χ3v) is 1.12. The molecule has 1 aliphatic rings. The van der Waals surface area contributed by atoms with Crippen LogP contribution in [0, 0.1) is 0 Å². The fourth-order valence-electron chi connectivity index (χ4n) is 0.602. The zero-order valence-corrected chi connectivity index (χ0v) is 6.51. The zero-order chi connectivity index (χ0) is 7.66. The van der Waals surface area contributed by atoms with Gasteiger partial charge in [0.05, 0.1) is 13.2 Å². The smallest absolute Gasteiger partial charge is 0.0693 e. The molecule has 0 saturated carbocycles. The largest absolute Gasteiger partial charge is 0.394 e. The van der Waals surface area contributed by atoms with E-state index in [0.29, 0.717) is 6.61 Å². The first-order chi connectivity index (χ1) is 4.91. The van der Waals surface area contributed by atoms with E-state index < -0.39 is 0 Å². The molecule has 1 rings (SSSR count). The molecular weight excluding hydrogens is 132 g/mol. The van der Waals surface area contributed by atoms with Crippen LogP contribution in [0.15, 0.2) is 0 Å². The van der Waals surface area contributed by atoms with Crippen molar-refractivity contribution >= 4 is 0 Å². The maximum Gasteiger partial charge on any atom is 0.0693 e. The van der Waals surface area contributed by atoms with Crippen molar-refractivity contribution < 1.29 is 14.6 Å². The molecule has 0 aromatic rings. The van der Waals surface area contributed by atoms with Gasteiger partial charge in [0.1, 0.15) is 0 Å². The standard InChI is InChI=1S/C4H8O.C3H8O2/c1-2-4-5-3-1;1-5-3-2-4/h1-4H2;4H,2-3H2,1H3. The van der Waals surface area contributed by atoms with Crippen molar-refractivity contribution in [2.24, 2.45) is 0 Å². The van der Waals surface area contributed by atoms with Gasteiger partial charge in [0.2, 0.25) is 0 Å². The molecule has 10 heavy (non-hydrogen) atoms. The van der Waals surface area contributed by atoms with Crippen molar-refractivity contribution in [3.8, 4) is 0 Å². The molecule has 0 bridgehead atoms. The number of ether oxygens (including phenoxy) is 2. The Bertz CT molecular complexity index is 43.2. The highest BCUT2D eigenvalue weighted by atomic mass is 16.5. The molecule has 0 unspecified atom stereocenters. The summed E-state index contributed by atoms with van der Waals surface area (Å²) in [4.78, 5) is 0. The highest BCUT2D eigenvalue weighted by Gasteiger charge is 1.94. The van der Waals surface area contributed by atoms with E-state index in [9.17, 15) is 0 Å². The van der Waals surface area contributed by atoms with Crippen LogP contribution >= 0.6 is 0 Å². The van der Waals surface area contributed by atoms with E-state index in [4.69, 9.17) is 9.84 Å². The van der Waals surface area contributed by atoms with Crippen LogP contribution < -0.4 is 0 Å². The lowest BCUT2D eigenvalue weighted by atomic mass is 10.4. The summed E-state index contributed by atoms with van der Waals surface area (Å²) < 4.78 is 9.39. The first-order valence-electron chi connectivity index (χ1n) is 3.59. The maximum absolute atomic E-state index is 7.94. The van der Waals surface area contributed by atoms with E-state index >= 15 is 0 Å². The molecule has 0 spiro atoms. The van der Waals surface area contributed by atoms with Crippen LogP contribution in [0.25, 0.3) is 0 Å². The Morgan fingerprint density at radius 1 is 1.40 bits per heavy atom. The predicted molar refractivity (Wildman–Crippen MR) is 39.0 cm³/mol. The van der Waals surface area contributed by atoms with Gasteiger partial charge in [-0.3, -0.25) is 0 Å². The fraction of sp³-hybridized carbons (Fsp3) is 1.00. The number of aliphatic hydroxyl groups excluding tert-OH is 1. The quantitative estimate of drug-likeness (QED) is 0.617. The summed E-state index contributed by atoms with van der Waals surface area (Å²) >= 11 is 0. The van der Waals surface area contributed by atoms with Crippen LogP contribution in [-0.2, 0) is 9.47 Å². The first kappa shape index (κ1) is 9.88. The average molecular weight is 148 g/mol. The lowest BCUT2D eigenvalue weighted by Crippen LogP contribution is -1.91. The third-order valence-electron chi connectivity index (χ3n) is 1.12. The number of methoxy groups -OCH3 is 1. The van der Waals surface area contributed by atoms with Crippen LogP contribution in [0.4, 0.5) is 0 Å². The minimum absolute atomic E-state index is 0.122. The van der Waals surface area contributed by atoms with Gasteiger partial charge in [0, 0.05) is 20.3 Å². The summed E-state index contributed by atoms with van der Waals surface area (Å²) in [7, 11) is 1.55. The zero-order valence-electron chi connectivity index (χ0n) is 6.51. The van der Waals surface area contributed by atoms with Gasteiger partial charge in [-0.25, -0.2) is 0 Å². The molecule has 1 aliphatic heterocycles. The van der Waals surface area contributed by atoms with Crippen LogP contribution in [0.1, 0.15) is 12.8 Å². The minimum Gasteiger partial charge on any atom is -0.394 e. The van der Waals surface area contributed by atoms with Gasteiger partial charge in [0.25, 0.3) is 0 Å². The molecular formula is C7H16O3. The van der Waals surface area contributed by atoms with Gasteiger partial charge in [-0.2, -0.15) is 0 Å². The second-order valence-corrected chi connectivity index (χ2v) is 2.04. The molecule has 0 aromatic carbocycles. The first-order valence-corrected chi connectivity index (χ1v) is 3.59. The summed E-state index contributed by atoms with van der Waals surface area (Å²) in [6, 6.07) is 0. The van der Waals surface area contributed by atoms with Crippen LogP contribution in [0.5, 0.6) is 0 Å². The Balaban J connectivity index is 0.000000162. The van der Waals surface area contributed by atoms with E-state index in [1.165, 1.54) is 12.8 Å². The van der Waals surface area contributed by atoms with E-state index in [1.807, 2.05) is 0 Å². The molecule has 0 aliphatic carbocycles. The van der Waals surface area contributed by atoms with Crippen LogP contribution in [0.2, 0.25) is 0 Å². The minimum atomic E-state index is 0.122. The van der Waals surface area contributed by atoms with Crippen LogP contribution in [0.3, 0.4) is 0 Å². The molecule has 0 radical (unpaired) electrons. The van der Waals surface area contributed by atoms with Crippen molar-refractivity contribution in [2.75, 3.05) is 33.5 Å². The van der Waals surface area contributed by atoms with Crippen molar-refractivity contribution in [1.82, 2.24) is 0 Å². The summed E-state index contributed by atoms with van der Waals surface area (Å²) in [5, 5.41) is 7.94. The van der Waals surface area contributed by atoms with E-state index in [2.05, 4.69) is 4.74 Å². The highest BCUT2D eigenvalue weighted by molar-refractivity contribution is 4.43. The van der Waals surface area contributed by atoms with Gasteiger partial charge in [-0.1, -0.05) is 0 Å². The third kappa shape index (κ3) is 7.88. The van der Waals surface area contributed by atoms with Gasteiger partial charge < -0.3 is 14.6 Å². The fourth-order valence-corrected chi connectivity index (χ4v) is 0.602. The molecule has 1 fully saturated rings.